The normalized spacial score (nSPS) is 18.6. The highest BCUT2D eigenvalue weighted by Crippen LogP contribution is 2.21. The van der Waals surface area contributed by atoms with Gasteiger partial charge in [0.05, 0.1) is 18.8 Å². The molecule has 3 rings (SSSR count). The molecule has 0 unspecified atom stereocenters. The van der Waals surface area contributed by atoms with Crippen molar-refractivity contribution in [2.45, 2.75) is 25.7 Å². The van der Waals surface area contributed by atoms with Crippen LogP contribution in [0.3, 0.4) is 0 Å². The number of ether oxygens (including phenoxy) is 2. The minimum atomic E-state index is -0.0684. The highest BCUT2D eigenvalue weighted by Gasteiger charge is 2.22. The summed E-state index contributed by atoms with van der Waals surface area (Å²) >= 11 is 0. The summed E-state index contributed by atoms with van der Waals surface area (Å²) < 4.78 is 11.0. The van der Waals surface area contributed by atoms with Gasteiger partial charge in [-0.25, -0.2) is 0 Å². The molecule has 2 amide bonds. The van der Waals surface area contributed by atoms with Crippen LogP contribution in [0.1, 0.15) is 36.0 Å². The molecule has 0 radical (unpaired) electrons. The smallest absolute Gasteiger partial charge is 0.260 e. The Labute approximate surface area is 148 Å². The van der Waals surface area contributed by atoms with E-state index in [9.17, 15) is 9.59 Å². The fourth-order valence-electron chi connectivity index (χ4n) is 3.26. The summed E-state index contributed by atoms with van der Waals surface area (Å²) in [5, 5.41) is 0. The Balaban J connectivity index is 1.62. The van der Waals surface area contributed by atoms with Crippen molar-refractivity contribution in [2.75, 3.05) is 46.0 Å². The summed E-state index contributed by atoms with van der Waals surface area (Å²) in [6, 6.07) is 7.14. The first kappa shape index (κ1) is 17.7. The lowest BCUT2D eigenvalue weighted by atomic mass is 10.1. The van der Waals surface area contributed by atoms with E-state index in [0.29, 0.717) is 37.6 Å². The van der Waals surface area contributed by atoms with Crippen LogP contribution in [0, 0.1) is 0 Å². The van der Waals surface area contributed by atoms with Crippen LogP contribution in [0.2, 0.25) is 0 Å². The average Bonchev–Trinajstić information content (AvgIpc) is 2.96. The number of morpholine rings is 1. The van der Waals surface area contributed by atoms with E-state index in [1.807, 2.05) is 17.0 Å². The fraction of sp³-hybridized carbons (Fsp3) is 0.579. The van der Waals surface area contributed by atoms with Crippen LogP contribution in [-0.2, 0) is 9.53 Å². The van der Waals surface area contributed by atoms with Gasteiger partial charge in [-0.2, -0.15) is 0 Å². The molecule has 136 valence electrons. The lowest BCUT2D eigenvalue weighted by molar-refractivity contribution is -0.133. The number of carbonyl (C=O) groups excluding carboxylic acids is 2. The number of rotatable bonds is 4. The third kappa shape index (κ3) is 4.72. The number of likely N-dealkylation sites (tertiary alicyclic amines) is 1. The van der Waals surface area contributed by atoms with Crippen molar-refractivity contribution in [2.24, 2.45) is 0 Å². The highest BCUT2D eigenvalue weighted by molar-refractivity contribution is 5.97. The maximum absolute atomic E-state index is 12.7. The minimum Gasteiger partial charge on any atom is -0.483 e. The summed E-state index contributed by atoms with van der Waals surface area (Å²) in [4.78, 5) is 28.7. The molecule has 2 aliphatic rings. The Morgan fingerprint density at radius 2 is 1.60 bits per heavy atom. The van der Waals surface area contributed by atoms with E-state index in [1.54, 1.807) is 17.0 Å². The molecule has 0 spiro atoms. The molecule has 25 heavy (non-hydrogen) atoms. The second-order valence-corrected chi connectivity index (χ2v) is 6.48. The maximum atomic E-state index is 12.7. The fourth-order valence-corrected chi connectivity index (χ4v) is 3.26. The second-order valence-electron chi connectivity index (χ2n) is 6.48. The monoisotopic (exact) mass is 346 g/mol. The van der Waals surface area contributed by atoms with Gasteiger partial charge < -0.3 is 19.3 Å². The summed E-state index contributed by atoms with van der Waals surface area (Å²) in [7, 11) is 0. The highest BCUT2D eigenvalue weighted by atomic mass is 16.5. The van der Waals surface area contributed by atoms with Crippen LogP contribution in [0.4, 0.5) is 0 Å². The molecular formula is C19H26N2O4. The molecule has 6 nitrogen and oxygen atoms in total. The van der Waals surface area contributed by atoms with Crippen LogP contribution >= 0.6 is 0 Å². The Morgan fingerprint density at radius 3 is 2.32 bits per heavy atom. The van der Waals surface area contributed by atoms with Crippen molar-refractivity contribution in [1.29, 1.82) is 0 Å². The number of hydrogen-bond donors (Lipinski definition) is 0. The Kier molecular flexibility index (Phi) is 6.28. The first-order valence-corrected chi connectivity index (χ1v) is 9.12. The quantitative estimate of drug-likeness (QED) is 0.836. The average molecular weight is 346 g/mol. The zero-order chi connectivity index (χ0) is 17.5. The summed E-state index contributed by atoms with van der Waals surface area (Å²) in [6.45, 7) is 3.87. The van der Waals surface area contributed by atoms with E-state index in [2.05, 4.69) is 0 Å². The number of carbonyl (C=O) groups is 2. The standard InChI is InChI=1S/C19H26N2O4/c22-18(20-9-5-1-2-6-10-20)15-25-17-8-4-3-7-16(17)19(23)21-11-13-24-14-12-21/h3-4,7-8H,1-2,5-6,9-15H2. The summed E-state index contributed by atoms with van der Waals surface area (Å²) in [5.41, 5.74) is 0.507. The Morgan fingerprint density at radius 1 is 0.920 bits per heavy atom. The molecule has 0 aliphatic carbocycles. The maximum Gasteiger partial charge on any atom is 0.260 e. The SMILES string of the molecule is O=C(COc1ccccc1C(=O)N1CCOCC1)N1CCCCCC1. The third-order valence-corrected chi connectivity index (χ3v) is 4.73. The van der Waals surface area contributed by atoms with Crippen LogP contribution in [0.5, 0.6) is 5.75 Å². The van der Waals surface area contributed by atoms with Gasteiger partial charge in [0, 0.05) is 26.2 Å². The molecule has 1 aromatic rings. The number of hydrogen-bond acceptors (Lipinski definition) is 4. The van der Waals surface area contributed by atoms with Crippen molar-refractivity contribution in [3.8, 4) is 5.75 Å². The predicted octanol–water partition coefficient (Wildman–Crippen LogP) is 1.94. The van der Waals surface area contributed by atoms with Gasteiger partial charge in [0.2, 0.25) is 0 Å². The molecule has 2 fully saturated rings. The number of benzene rings is 1. The van der Waals surface area contributed by atoms with Crippen molar-refractivity contribution in [3.63, 3.8) is 0 Å². The molecule has 1 aromatic carbocycles. The lowest BCUT2D eigenvalue weighted by Gasteiger charge is -2.27. The van der Waals surface area contributed by atoms with Crippen LogP contribution in [-0.4, -0.2) is 67.6 Å². The topological polar surface area (TPSA) is 59.1 Å². The zero-order valence-electron chi connectivity index (χ0n) is 14.6. The molecule has 0 aromatic heterocycles. The van der Waals surface area contributed by atoms with E-state index < -0.39 is 0 Å². The van der Waals surface area contributed by atoms with Crippen molar-refractivity contribution < 1.29 is 19.1 Å². The van der Waals surface area contributed by atoms with Gasteiger partial charge in [-0.15, -0.1) is 0 Å². The largest absolute Gasteiger partial charge is 0.483 e. The molecule has 2 heterocycles. The summed E-state index contributed by atoms with van der Waals surface area (Å²) in [6.07, 6.45) is 4.47. The number of amides is 2. The van der Waals surface area contributed by atoms with Crippen LogP contribution < -0.4 is 4.74 Å². The van der Waals surface area contributed by atoms with Gasteiger partial charge >= 0.3 is 0 Å². The van der Waals surface area contributed by atoms with Gasteiger partial charge in [0.15, 0.2) is 6.61 Å². The van der Waals surface area contributed by atoms with Gasteiger partial charge in [-0.3, -0.25) is 9.59 Å². The van der Waals surface area contributed by atoms with Crippen LogP contribution in [0.25, 0.3) is 0 Å². The van der Waals surface area contributed by atoms with E-state index in [1.165, 1.54) is 12.8 Å². The first-order chi connectivity index (χ1) is 12.3. The lowest BCUT2D eigenvalue weighted by Crippen LogP contribution is -2.41. The molecule has 0 saturated carbocycles. The van der Waals surface area contributed by atoms with Crippen LogP contribution in [0.15, 0.2) is 24.3 Å². The van der Waals surface area contributed by atoms with E-state index in [-0.39, 0.29) is 18.4 Å². The molecule has 0 atom stereocenters. The number of nitrogens with zero attached hydrogens (tertiary/aromatic N) is 2. The minimum absolute atomic E-state index is 0.00414. The second kappa shape index (κ2) is 8.85. The van der Waals surface area contributed by atoms with E-state index in [0.717, 1.165) is 25.9 Å². The van der Waals surface area contributed by atoms with Gasteiger partial charge in [-0.1, -0.05) is 25.0 Å². The van der Waals surface area contributed by atoms with Gasteiger partial charge in [0.25, 0.3) is 11.8 Å². The molecule has 2 aliphatic heterocycles. The third-order valence-electron chi connectivity index (χ3n) is 4.73. The van der Waals surface area contributed by atoms with Crippen molar-refractivity contribution in [1.82, 2.24) is 9.80 Å². The van der Waals surface area contributed by atoms with Gasteiger partial charge in [0.1, 0.15) is 5.75 Å². The molecule has 0 N–H and O–H groups in total. The van der Waals surface area contributed by atoms with Crippen molar-refractivity contribution in [3.05, 3.63) is 29.8 Å². The Hall–Kier alpha value is -2.08. The predicted molar refractivity (Wildman–Crippen MR) is 93.7 cm³/mol. The van der Waals surface area contributed by atoms with Gasteiger partial charge in [-0.05, 0) is 25.0 Å². The molecule has 0 bridgehead atoms. The van der Waals surface area contributed by atoms with E-state index in [4.69, 9.17) is 9.47 Å². The molecule has 6 heteroatoms. The molecule has 2 saturated heterocycles. The zero-order valence-corrected chi connectivity index (χ0v) is 14.6. The Bertz CT molecular complexity index is 591. The summed E-state index contributed by atoms with van der Waals surface area (Å²) in [5.74, 6) is 0.402. The number of para-hydroxylation sites is 1. The van der Waals surface area contributed by atoms with E-state index >= 15 is 0 Å². The van der Waals surface area contributed by atoms with Crippen molar-refractivity contribution >= 4 is 11.8 Å². The first-order valence-electron chi connectivity index (χ1n) is 9.12. The molecular weight excluding hydrogens is 320 g/mol.